The minimum atomic E-state index is -3.33. The molecule has 0 saturated carbocycles. The van der Waals surface area contributed by atoms with Gasteiger partial charge in [-0.15, -0.1) is 0 Å². The molecule has 2 amide bonds. The quantitative estimate of drug-likeness (QED) is 0.728. The molecule has 0 aliphatic carbocycles. The third kappa shape index (κ3) is 4.86. The Hall–Kier alpha value is -3.07. The highest BCUT2D eigenvalue weighted by atomic mass is 32.2. The summed E-state index contributed by atoms with van der Waals surface area (Å²) in [6.45, 7) is 4.57. The van der Waals surface area contributed by atoms with Crippen LogP contribution in [0.3, 0.4) is 0 Å². The molecule has 1 heterocycles. The van der Waals surface area contributed by atoms with Crippen molar-refractivity contribution in [3.8, 4) is 5.75 Å². The number of benzene rings is 2. The lowest BCUT2D eigenvalue weighted by Crippen LogP contribution is -2.29. The molecule has 0 bridgehead atoms. The van der Waals surface area contributed by atoms with Crippen LogP contribution in [0.4, 0.5) is 17.1 Å². The van der Waals surface area contributed by atoms with E-state index in [1.807, 2.05) is 6.92 Å². The Labute approximate surface area is 169 Å². The van der Waals surface area contributed by atoms with Gasteiger partial charge in [-0.3, -0.25) is 13.9 Å². The molecular formula is C20H23N3O5S. The Morgan fingerprint density at radius 2 is 1.76 bits per heavy atom. The lowest BCUT2D eigenvalue weighted by molar-refractivity contribution is -0.133. The van der Waals surface area contributed by atoms with Gasteiger partial charge in [0, 0.05) is 17.9 Å². The minimum Gasteiger partial charge on any atom is -0.494 e. The largest absolute Gasteiger partial charge is 0.494 e. The smallest absolute Gasteiger partial charge is 0.314 e. The van der Waals surface area contributed by atoms with Gasteiger partial charge < -0.3 is 15.4 Å². The average molecular weight is 417 g/mol. The van der Waals surface area contributed by atoms with Gasteiger partial charge in [-0.05, 0) is 62.2 Å². The Kier molecular flexibility index (Phi) is 6.07. The third-order valence-electron chi connectivity index (χ3n) is 4.49. The van der Waals surface area contributed by atoms with Crippen molar-refractivity contribution in [1.29, 1.82) is 0 Å². The molecule has 1 aliphatic heterocycles. The number of amides is 2. The van der Waals surface area contributed by atoms with Gasteiger partial charge in [0.2, 0.25) is 10.0 Å². The van der Waals surface area contributed by atoms with Crippen LogP contribution in [-0.4, -0.2) is 39.1 Å². The molecule has 1 fully saturated rings. The van der Waals surface area contributed by atoms with Gasteiger partial charge in [0.15, 0.2) is 0 Å². The fraction of sp³-hybridized carbons (Fsp3) is 0.300. The number of sulfonamides is 1. The summed E-state index contributed by atoms with van der Waals surface area (Å²) >= 11 is 0. The maximum absolute atomic E-state index is 12.3. The van der Waals surface area contributed by atoms with E-state index < -0.39 is 21.8 Å². The van der Waals surface area contributed by atoms with Gasteiger partial charge in [-0.2, -0.15) is 0 Å². The van der Waals surface area contributed by atoms with Crippen molar-refractivity contribution in [2.24, 2.45) is 0 Å². The van der Waals surface area contributed by atoms with Crippen molar-refractivity contribution in [2.45, 2.75) is 20.3 Å². The molecule has 3 rings (SSSR count). The maximum Gasteiger partial charge on any atom is 0.314 e. The first kappa shape index (κ1) is 20.7. The molecular weight excluding hydrogens is 394 g/mol. The minimum absolute atomic E-state index is 0.104. The van der Waals surface area contributed by atoms with Crippen LogP contribution in [0.15, 0.2) is 42.5 Å². The Morgan fingerprint density at radius 3 is 2.38 bits per heavy atom. The second kappa shape index (κ2) is 8.52. The fourth-order valence-corrected chi connectivity index (χ4v) is 4.55. The van der Waals surface area contributed by atoms with Crippen molar-refractivity contribution in [3.05, 3.63) is 48.0 Å². The zero-order valence-electron chi connectivity index (χ0n) is 16.3. The summed E-state index contributed by atoms with van der Waals surface area (Å²) in [5.74, 6) is -0.900. The summed E-state index contributed by atoms with van der Waals surface area (Å²) < 4.78 is 30.9. The van der Waals surface area contributed by atoms with Crippen molar-refractivity contribution < 1.29 is 22.7 Å². The summed E-state index contributed by atoms with van der Waals surface area (Å²) in [5, 5.41) is 5.08. The number of hydrogen-bond donors (Lipinski definition) is 2. The lowest BCUT2D eigenvalue weighted by atomic mass is 10.1. The van der Waals surface area contributed by atoms with Gasteiger partial charge in [0.1, 0.15) is 5.75 Å². The molecule has 8 nitrogen and oxygen atoms in total. The first-order chi connectivity index (χ1) is 13.8. The molecule has 2 aromatic rings. The molecule has 2 N–H and O–H groups in total. The van der Waals surface area contributed by atoms with E-state index in [2.05, 4.69) is 10.6 Å². The zero-order valence-corrected chi connectivity index (χ0v) is 17.1. The number of nitrogens with zero attached hydrogens (tertiary/aromatic N) is 1. The summed E-state index contributed by atoms with van der Waals surface area (Å²) in [5.41, 5.74) is 2.03. The van der Waals surface area contributed by atoms with Crippen LogP contribution in [0.5, 0.6) is 5.75 Å². The van der Waals surface area contributed by atoms with Crippen molar-refractivity contribution in [3.63, 3.8) is 0 Å². The van der Waals surface area contributed by atoms with E-state index in [1.165, 1.54) is 4.31 Å². The van der Waals surface area contributed by atoms with Crippen LogP contribution < -0.4 is 19.7 Å². The summed E-state index contributed by atoms with van der Waals surface area (Å²) in [7, 11) is -3.33. The van der Waals surface area contributed by atoms with Gasteiger partial charge >= 0.3 is 11.8 Å². The van der Waals surface area contributed by atoms with Gasteiger partial charge in [-0.25, -0.2) is 8.42 Å². The average Bonchev–Trinajstić information content (AvgIpc) is 3.04. The van der Waals surface area contributed by atoms with Crippen LogP contribution in [0.1, 0.15) is 18.9 Å². The molecule has 1 saturated heterocycles. The highest BCUT2D eigenvalue weighted by Gasteiger charge is 2.29. The van der Waals surface area contributed by atoms with Gasteiger partial charge in [0.05, 0.1) is 18.0 Å². The lowest BCUT2D eigenvalue weighted by Gasteiger charge is -2.19. The van der Waals surface area contributed by atoms with E-state index in [1.54, 1.807) is 49.4 Å². The van der Waals surface area contributed by atoms with Gasteiger partial charge in [0.25, 0.3) is 0 Å². The standard InChI is InChI=1S/C20H23N3O5S/c1-3-28-17-9-6-15(7-10-17)21-19(24)20(25)22-18-13-16(8-5-14(18)2)23-11-4-12-29(23,26)27/h5-10,13H,3-4,11-12H2,1-2H3,(H,21,24)(H,22,25). The van der Waals surface area contributed by atoms with E-state index in [-0.39, 0.29) is 5.75 Å². The molecule has 2 aromatic carbocycles. The molecule has 0 aromatic heterocycles. The number of anilines is 3. The first-order valence-corrected chi connectivity index (χ1v) is 10.9. The molecule has 0 spiro atoms. The molecule has 9 heteroatoms. The van der Waals surface area contributed by atoms with Crippen molar-refractivity contribution in [2.75, 3.05) is 33.8 Å². The molecule has 0 atom stereocenters. The maximum atomic E-state index is 12.3. The Balaban J connectivity index is 1.69. The monoisotopic (exact) mass is 417 g/mol. The molecule has 154 valence electrons. The molecule has 0 radical (unpaired) electrons. The number of hydrogen-bond acceptors (Lipinski definition) is 5. The highest BCUT2D eigenvalue weighted by Crippen LogP contribution is 2.28. The molecule has 29 heavy (non-hydrogen) atoms. The Morgan fingerprint density at radius 1 is 1.07 bits per heavy atom. The normalized spacial score (nSPS) is 15.0. The molecule has 1 aliphatic rings. The SMILES string of the molecule is CCOc1ccc(NC(=O)C(=O)Nc2cc(N3CCCS3(=O)=O)ccc2C)cc1. The van der Waals surface area contributed by atoms with E-state index in [9.17, 15) is 18.0 Å². The van der Waals surface area contributed by atoms with Crippen molar-refractivity contribution in [1.82, 2.24) is 0 Å². The van der Waals surface area contributed by atoms with E-state index in [0.29, 0.717) is 47.9 Å². The van der Waals surface area contributed by atoms with E-state index >= 15 is 0 Å². The predicted octanol–water partition coefficient (Wildman–Crippen LogP) is 2.51. The summed E-state index contributed by atoms with van der Waals surface area (Å²) in [6.07, 6.45) is 0.558. The van der Waals surface area contributed by atoms with E-state index in [0.717, 1.165) is 0 Å². The van der Waals surface area contributed by atoms with Crippen LogP contribution in [0, 0.1) is 6.92 Å². The van der Waals surface area contributed by atoms with Crippen LogP contribution >= 0.6 is 0 Å². The first-order valence-electron chi connectivity index (χ1n) is 9.26. The highest BCUT2D eigenvalue weighted by molar-refractivity contribution is 7.93. The van der Waals surface area contributed by atoms with E-state index in [4.69, 9.17) is 4.74 Å². The topological polar surface area (TPSA) is 105 Å². The zero-order chi connectivity index (χ0) is 21.0. The molecule has 0 unspecified atom stereocenters. The van der Waals surface area contributed by atoms with Gasteiger partial charge in [-0.1, -0.05) is 6.07 Å². The second-order valence-electron chi connectivity index (χ2n) is 6.61. The fourth-order valence-electron chi connectivity index (χ4n) is 3.00. The number of carbonyl (C=O) groups excluding carboxylic acids is 2. The number of rotatable bonds is 5. The predicted molar refractivity (Wildman–Crippen MR) is 112 cm³/mol. The number of aryl methyl sites for hydroxylation is 1. The number of carbonyl (C=O) groups is 2. The van der Waals surface area contributed by atoms with Crippen molar-refractivity contribution >= 4 is 38.9 Å². The summed E-state index contributed by atoms with van der Waals surface area (Å²) in [4.78, 5) is 24.5. The Bertz CT molecular complexity index is 1020. The van der Waals surface area contributed by atoms with Crippen LogP contribution in [-0.2, 0) is 19.6 Å². The third-order valence-corrected chi connectivity index (χ3v) is 6.36. The number of ether oxygens (including phenoxy) is 1. The second-order valence-corrected chi connectivity index (χ2v) is 8.62. The van der Waals surface area contributed by atoms with Crippen LogP contribution in [0.25, 0.3) is 0 Å². The summed E-state index contributed by atoms with van der Waals surface area (Å²) in [6, 6.07) is 11.6. The van der Waals surface area contributed by atoms with Crippen LogP contribution in [0.2, 0.25) is 0 Å². The number of nitrogens with one attached hydrogen (secondary N) is 2.